The van der Waals surface area contributed by atoms with Crippen LogP contribution in [-0.4, -0.2) is 17.7 Å². The van der Waals surface area contributed by atoms with Gasteiger partial charge in [-0.15, -0.1) is 0 Å². The molecule has 0 aliphatic carbocycles. The molecule has 0 aromatic heterocycles. The molecule has 134 valence electrons. The van der Waals surface area contributed by atoms with Crippen LogP contribution in [0.3, 0.4) is 0 Å². The number of aliphatic imine (C=N–C) groups is 1. The highest BCUT2D eigenvalue weighted by atomic mass is 35.5. The number of hydrogen-bond donors (Lipinski definition) is 1. The third-order valence-corrected chi connectivity index (χ3v) is 4.98. The Morgan fingerprint density at radius 1 is 1.19 bits per heavy atom. The van der Waals surface area contributed by atoms with Gasteiger partial charge in [-0.25, -0.2) is 4.99 Å². The summed E-state index contributed by atoms with van der Waals surface area (Å²) in [4.78, 5) is 17.3. The second kappa shape index (κ2) is 8.16. The Kier molecular flexibility index (Phi) is 5.91. The highest BCUT2D eigenvalue weighted by Crippen LogP contribution is 2.33. The molecule has 0 atom stereocenters. The number of carbonyl (C=O) groups excluding carboxylic acids is 1. The van der Waals surface area contributed by atoms with Crippen LogP contribution in [-0.2, 0) is 4.79 Å². The average Bonchev–Trinajstić information content (AvgIpc) is 2.93. The van der Waals surface area contributed by atoms with Crippen molar-refractivity contribution in [2.24, 2.45) is 4.99 Å². The number of nitrogens with zero attached hydrogens (tertiary/aromatic N) is 1. The normalized spacial score (nSPS) is 17.0. The second-order valence-electron chi connectivity index (χ2n) is 5.53. The van der Waals surface area contributed by atoms with Crippen molar-refractivity contribution in [2.75, 3.05) is 6.61 Å². The Labute approximate surface area is 166 Å². The van der Waals surface area contributed by atoms with Gasteiger partial charge in [-0.3, -0.25) is 4.79 Å². The molecule has 1 N–H and O–H groups in total. The number of aryl methyl sites for hydroxylation is 1. The Morgan fingerprint density at radius 3 is 2.69 bits per heavy atom. The first-order valence-corrected chi connectivity index (χ1v) is 9.51. The molecule has 2 aromatic rings. The number of halogens is 2. The molecule has 1 aliphatic rings. The maximum Gasteiger partial charge on any atom is 0.264 e. The van der Waals surface area contributed by atoms with E-state index in [0.717, 1.165) is 16.8 Å². The molecule has 26 heavy (non-hydrogen) atoms. The summed E-state index contributed by atoms with van der Waals surface area (Å²) < 4.78 is 5.60. The maximum atomic E-state index is 12.3. The first-order chi connectivity index (χ1) is 12.5. The number of amidine groups is 1. The average molecular weight is 407 g/mol. The number of carbonyl (C=O) groups is 1. The molecule has 1 heterocycles. The van der Waals surface area contributed by atoms with Crippen LogP contribution in [0, 0.1) is 6.92 Å². The number of nitrogens with one attached hydrogen (secondary N) is 1. The molecule has 3 rings (SSSR count). The Hall–Kier alpha value is -1.95. The minimum Gasteiger partial charge on any atom is -0.493 e. The molecule has 0 radical (unpaired) electrons. The minimum absolute atomic E-state index is 0.212. The van der Waals surface area contributed by atoms with Crippen LogP contribution in [0.2, 0.25) is 10.0 Å². The predicted octanol–water partition coefficient (Wildman–Crippen LogP) is 5.59. The molecule has 1 aliphatic heterocycles. The van der Waals surface area contributed by atoms with E-state index >= 15 is 0 Å². The molecule has 1 saturated heterocycles. The van der Waals surface area contributed by atoms with Crippen LogP contribution in [0.15, 0.2) is 46.3 Å². The highest BCUT2D eigenvalue weighted by molar-refractivity contribution is 8.18. The van der Waals surface area contributed by atoms with E-state index in [1.807, 2.05) is 19.9 Å². The summed E-state index contributed by atoms with van der Waals surface area (Å²) >= 11 is 13.4. The number of thioether (sulfide) groups is 1. The summed E-state index contributed by atoms with van der Waals surface area (Å²) in [5, 5.41) is 4.45. The van der Waals surface area contributed by atoms with Crippen molar-refractivity contribution in [3.8, 4) is 5.75 Å². The van der Waals surface area contributed by atoms with Crippen LogP contribution >= 0.6 is 35.0 Å². The van der Waals surface area contributed by atoms with Crippen molar-refractivity contribution in [2.45, 2.75) is 13.8 Å². The van der Waals surface area contributed by atoms with E-state index in [0.29, 0.717) is 32.5 Å². The largest absolute Gasteiger partial charge is 0.493 e. The van der Waals surface area contributed by atoms with Gasteiger partial charge in [0.25, 0.3) is 5.91 Å². The van der Waals surface area contributed by atoms with Gasteiger partial charge in [0.2, 0.25) is 0 Å². The number of hydrogen-bond acceptors (Lipinski definition) is 4. The number of amides is 1. The van der Waals surface area contributed by atoms with Crippen molar-refractivity contribution < 1.29 is 9.53 Å². The van der Waals surface area contributed by atoms with Crippen molar-refractivity contribution in [1.29, 1.82) is 0 Å². The van der Waals surface area contributed by atoms with E-state index in [2.05, 4.69) is 10.3 Å². The van der Waals surface area contributed by atoms with Gasteiger partial charge in [-0.05, 0) is 67.6 Å². The summed E-state index contributed by atoms with van der Waals surface area (Å²) in [7, 11) is 0. The first kappa shape index (κ1) is 18.8. The number of benzene rings is 2. The second-order valence-corrected chi connectivity index (χ2v) is 7.43. The van der Waals surface area contributed by atoms with Gasteiger partial charge in [-0.1, -0.05) is 29.3 Å². The highest BCUT2D eigenvalue weighted by Gasteiger charge is 2.24. The third-order valence-electron chi connectivity index (χ3n) is 3.60. The molecule has 0 spiro atoms. The molecule has 1 fully saturated rings. The van der Waals surface area contributed by atoms with E-state index < -0.39 is 0 Å². The zero-order valence-corrected chi connectivity index (χ0v) is 16.5. The smallest absolute Gasteiger partial charge is 0.264 e. The predicted molar refractivity (Wildman–Crippen MR) is 110 cm³/mol. The van der Waals surface area contributed by atoms with Gasteiger partial charge in [0.1, 0.15) is 5.75 Å². The fourth-order valence-electron chi connectivity index (χ4n) is 2.35. The molecule has 7 heteroatoms. The summed E-state index contributed by atoms with van der Waals surface area (Å²) in [6.07, 6.45) is 1.75. The van der Waals surface area contributed by atoms with Crippen LogP contribution in [0.5, 0.6) is 5.75 Å². The lowest BCUT2D eigenvalue weighted by atomic mass is 10.2. The summed E-state index contributed by atoms with van der Waals surface area (Å²) in [6.45, 7) is 4.37. The van der Waals surface area contributed by atoms with Crippen LogP contribution in [0.25, 0.3) is 6.08 Å². The first-order valence-electron chi connectivity index (χ1n) is 7.94. The molecular formula is C19H16Cl2N2O2S. The van der Waals surface area contributed by atoms with Crippen molar-refractivity contribution in [3.63, 3.8) is 0 Å². The zero-order chi connectivity index (χ0) is 18.7. The minimum atomic E-state index is -0.212. The standard InChI is InChI=1S/C19H16Cl2N2O2S/c1-3-25-16-7-6-13(20)8-12(16)9-17-18(24)23-19(26-17)22-15-10-14(21)5-4-11(15)2/h4-10H,3H2,1-2H3,(H,22,23,24)/b17-9-. The van der Waals surface area contributed by atoms with Gasteiger partial charge in [0.05, 0.1) is 17.2 Å². The van der Waals surface area contributed by atoms with Crippen LogP contribution in [0.1, 0.15) is 18.1 Å². The third kappa shape index (κ3) is 4.41. The molecule has 2 aromatic carbocycles. The lowest BCUT2D eigenvalue weighted by Crippen LogP contribution is -2.19. The number of ether oxygens (including phenoxy) is 1. The van der Waals surface area contributed by atoms with E-state index in [1.165, 1.54) is 11.8 Å². The van der Waals surface area contributed by atoms with Crippen LogP contribution < -0.4 is 10.1 Å². The lowest BCUT2D eigenvalue weighted by Gasteiger charge is -2.07. The molecule has 1 amide bonds. The van der Waals surface area contributed by atoms with Crippen molar-refractivity contribution in [3.05, 3.63) is 62.5 Å². The van der Waals surface area contributed by atoms with Gasteiger partial charge in [0.15, 0.2) is 5.17 Å². The quantitative estimate of drug-likeness (QED) is 0.672. The van der Waals surface area contributed by atoms with Crippen molar-refractivity contribution in [1.82, 2.24) is 5.32 Å². The van der Waals surface area contributed by atoms with Crippen LogP contribution in [0.4, 0.5) is 5.69 Å². The fourth-order valence-corrected chi connectivity index (χ4v) is 3.53. The SMILES string of the molecule is CCOc1ccc(Cl)cc1/C=C1\SC(=Nc2cc(Cl)ccc2C)NC1=O. The molecular weight excluding hydrogens is 391 g/mol. The Morgan fingerprint density at radius 2 is 1.92 bits per heavy atom. The summed E-state index contributed by atoms with van der Waals surface area (Å²) in [6, 6.07) is 10.8. The maximum absolute atomic E-state index is 12.3. The van der Waals surface area contributed by atoms with Gasteiger partial charge in [-0.2, -0.15) is 0 Å². The van der Waals surface area contributed by atoms with Gasteiger partial charge < -0.3 is 10.1 Å². The summed E-state index contributed by atoms with van der Waals surface area (Å²) in [5.41, 5.74) is 2.44. The molecule has 0 saturated carbocycles. The van der Waals surface area contributed by atoms with E-state index in [1.54, 1.807) is 36.4 Å². The topological polar surface area (TPSA) is 50.7 Å². The van der Waals surface area contributed by atoms with Gasteiger partial charge >= 0.3 is 0 Å². The van der Waals surface area contributed by atoms with E-state index in [9.17, 15) is 4.79 Å². The monoisotopic (exact) mass is 406 g/mol. The molecule has 4 nitrogen and oxygen atoms in total. The van der Waals surface area contributed by atoms with Crippen molar-refractivity contribution >= 4 is 57.8 Å². The fraction of sp³-hybridized carbons (Fsp3) is 0.158. The van der Waals surface area contributed by atoms with E-state index in [-0.39, 0.29) is 5.91 Å². The lowest BCUT2D eigenvalue weighted by molar-refractivity contribution is -0.115. The molecule has 0 unspecified atom stereocenters. The Bertz CT molecular complexity index is 926. The Balaban J connectivity index is 1.91. The summed E-state index contributed by atoms with van der Waals surface area (Å²) in [5.74, 6) is 0.463. The number of rotatable bonds is 4. The van der Waals surface area contributed by atoms with Gasteiger partial charge in [0, 0.05) is 15.6 Å². The van der Waals surface area contributed by atoms with E-state index in [4.69, 9.17) is 27.9 Å². The zero-order valence-electron chi connectivity index (χ0n) is 14.2. The molecule has 0 bridgehead atoms.